The lowest BCUT2D eigenvalue weighted by atomic mass is 10.2. The first-order chi connectivity index (χ1) is 17.3. The molecule has 0 spiro atoms. The lowest BCUT2D eigenvalue weighted by molar-refractivity contribution is 0.102. The van der Waals surface area contributed by atoms with Gasteiger partial charge in [0.05, 0.1) is 23.4 Å². The summed E-state index contributed by atoms with van der Waals surface area (Å²) in [5.74, 6) is 1.20. The molecular weight excluding hydrogens is 500 g/mol. The van der Waals surface area contributed by atoms with Gasteiger partial charge >= 0.3 is 0 Å². The fraction of sp³-hybridized carbons (Fsp3) is 0.0741. The number of rotatable bonds is 8. The zero-order valence-corrected chi connectivity index (χ0v) is 21.1. The maximum absolute atomic E-state index is 13.0. The number of carbonyl (C=O) groups excluding carboxylic acids is 1. The summed E-state index contributed by atoms with van der Waals surface area (Å²) in [5, 5.41) is 3.25. The molecule has 0 saturated heterocycles. The van der Waals surface area contributed by atoms with Crippen molar-refractivity contribution < 1.29 is 22.7 Å². The molecule has 0 aliphatic heterocycles. The molecule has 0 saturated carbocycles. The monoisotopic (exact) mass is 522 g/mol. The van der Waals surface area contributed by atoms with Gasteiger partial charge in [0, 0.05) is 17.6 Å². The van der Waals surface area contributed by atoms with Crippen LogP contribution in [0.5, 0.6) is 17.2 Å². The smallest absolute Gasteiger partial charge is 0.264 e. The minimum atomic E-state index is -3.79. The van der Waals surface area contributed by atoms with E-state index in [4.69, 9.17) is 21.1 Å². The van der Waals surface area contributed by atoms with Crippen molar-refractivity contribution in [3.8, 4) is 17.2 Å². The summed E-state index contributed by atoms with van der Waals surface area (Å²) in [6.07, 6.45) is 0. The Balaban J connectivity index is 1.51. The molecule has 1 amide bonds. The van der Waals surface area contributed by atoms with Gasteiger partial charge in [-0.05, 0) is 78.9 Å². The van der Waals surface area contributed by atoms with E-state index in [1.165, 1.54) is 26.3 Å². The van der Waals surface area contributed by atoms with Crippen molar-refractivity contribution in [3.63, 3.8) is 0 Å². The van der Waals surface area contributed by atoms with Gasteiger partial charge in [-0.15, -0.1) is 0 Å². The van der Waals surface area contributed by atoms with Crippen LogP contribution in [0.4, 0.5) is 11.4 Å². The third-order valence-corrected chi connectivity index (χ3v) is 7.41. The molecule has 0 unspecified atom stereocenters. The molecule has 0 aromatic heterocycles. The first-order valence-electron chi connectivity index (χ1n) is 10.8. The minimum Gasteiger partial charge on any atom is -0.497 e. The highest BCUT2D eigenvalue weighted by atomic mass is 35.5. The van der Waals surface area contributed by atoms with Crippen molar-refractivity contribution in [2.24, 2.45) is 0 Å². The summed E-state index contributed by atoms with van der Waals surface area (Å²) < 4.78 is 38.1. The van der Waals surface area contributed by atoms with Crippen molar-refractivity contribution in [1.29, 1.82) is 0 Å². The van der Waals surface area contributed by atoms with E-state index in [9.17, 15) is 13.2 Å². The fourth-order valence-electron chi connectivity index (χ4n) is 3.37. The Morgan fingerprint density at radius 2 is 1.53 bits per heavy atom. The maximum Gasteiger partial charge on any atom is 0.264 e. The topological polar surface area (TPSA) is 84.9 Å². The Kier molecular flexibility index (Phi) is 7.47. The van der Waals surface area contributed by atoms with Gasteiger partial charge in [0.2, 0.25) is 0 Å². The summed E-state index contributed by atoms with van der Waals surface area (Å²) in [4.78, 5) is 13.1. The third-order valence-electron chi connectivity index (χ3n) is 5.37. The van der Waals surface area contributed by atoms with Gasteiger partial charge in [0.25, 0.3) is 15.9 Å². The van der Waals surface area contributed by atoms with E-state index in [-0.39, 0.29) is 4.90 Å². The molecule has 4 aromatic rings. The molecule has 0 radical (unpaired) electrons. The number of benzene rings is 4. The van der Waals surface area contributed by atoms with Crippen LogP contribution in [0.25, 0.3) is 0 Å². The van der Waals surface area contributed by atoms with Gasteiger partial charge in [-0.1, -0.05) is 29.8 Å². The predicted molar refractivity (Wildman–Crippen MR) is 141 cm³/mol. The second-order valence-electron chi connectivity index (χ2n) is 7.70. The second kappa shape index (κ2) is 10.7. The Morgan fingerprint density at radius 3 is 2.17 bits per heavy atom. The first kappa shape index (κ1) is 25.1. The number of anilines is 2. The number of sulfonamides is 1. The molecule has 0 aliphatic carbocycles. The van der Waals surface area contributed by atoms with Gasteiger partial charge in [0.15, 0.2) is 5.75 Å². The van der Waals surface area contributed by atoms with E-state index in [2.05, 4.69) is 5.32 Å². The molecule has 1 N–H and O–H groups in total. The summed E-state index contributed by atoms with van der Waals surface area (Å²) in [5.41, 5.74) is 1.14. The lowest BCUT2D eigenvalue weighted by Gasteiger charge is -2.20. The van der Waals surface area contributed by atoms with Crippen LogP contribution in [0.1, 0.15) is 10.4 Å². The SMILES string of the molecule is COc1ccc(S(=O)(=O)N(C)c2ccc(C(=O)Nc3cc(Cl)ccc3Oc3ccccc3)cc2)cc1. The van der Waals surface area contributed by atoms with E-state index < -0.39 is 15.9 Å². The number of hydrogen-bond acceptors (Lipinski definition) is 5. The largest absolute Gasteiger partial charge is 0.497 e. The van der Waals surface area contributed by atoms with Crippen LogP contribution in [0, 0.1) is 0 Å². The van der Waals surface area contributed by atoms with E-state index in [0.717, 1.165) is 4.31 Å². The van der Waals surface area contributed by atoms with Gasteiger partial charge in [0.1, 0.15) is 11.5 Å². The van der Waals surface area contributed by atoms with Gasteiger partial charge in [-0.25, -0.2) is 8.42 Å². The summed E-state index contributed by atoms with van der Waals surface area (Å²) in [6.45, 7) is 0. The summed E-state index contributed by atoms with van der Waals surface area (Å²) in [7, 11) is -0.830. The van der Waals surface area contributed by atoms with E-state index in [1.54, 1.807) is 66.7 Å². The number of amides is 1. The zero-order chi connectivity index (χ0) is 25.7. The van der Waals surface area contributed by atoms with Crippen molar-refractivity contribution in [2.75, 3.05) is 23.8 Å². The lowest BCUT2D eigenvalue weighted by Crippen LogP contribution is -2.26. The van der Waals surface area contributed by atoms with Gasteiger partial charge < -0.3 is 14.8 Å². The molecule has 0 bridgehead atoms. The zero-order valence-electron chi connectivity index (χ0n) is 19.5. The quantitative estimate of drug-likeness (QED) is 0.297. The van der Waals surface area contributed by atoms with E-state index >= 15 is 0 Å². The van der Waals surface area contributed by atoms with Crippen LogP contribution in [0.15, 0.2) is 102 Å². The van der Waals surface area contributed by atoms with E-state index in [1.807, 2.05) is 18.2 Å². The number of nitrogens with zero attached hydrogens (tertiary/aromatic N) is 1. The van der Waals surface area contributed by atoms with Crippen LogP contribution in [0.3, 0.4) is 0 Å². The number of carbonyl (C=O) groups is 1. The molecule has 0 atom stereocenters. The van der Waals surface area contributed by atoms with Crippen LogP contribution >= 0.6 is 11.6 Å². The third kappa shape index (κ3) is 5.62. The van der Waals surface area contributed by atoms with Crippen molar-refractivity contribution in [1.82, 2.24) is 0 Å². The summed E-state index contributed by atoms with van der Waals surface area (Å²) in [6, 6.07) is 26.5. The number of para-hydroxylation sites is 1. The molecular formula is C27H23ClN2O5S. The standard InChI is InChI=1S/C27H23ClN2O5S/c1-30(36(32,33)24-15-13-22(34-2)14-16-24)21-11-8-19(9-12-21)27(31)29-25-18-20(28)10-17-26(25)35-23-6-4-3-5-7-23/h3-18H,1-2H3,(H,29,31). The first-order valence-corrected chi connectivity index (χ1v) is 12.7. The van der Waals surface area contributed by atoms with Crippen molar-refractivity contribution in [2.45, 2.75) is 4.90 Å². The van der Waals surface area contributed by atoms with Crippen molar-refractivity contribution >= 4 is 38.9 Å². The molecule has 184 valence electrons. The number of methoxy groups -OCH3 is 1. The molecule has 36 heavy (non-hydrogen) atoms. The highest BCUT2D eigenvalue weighted by molar-refractivity contribution is 7.92. The van der Waals surface area contributed by atoms with Crippen LogP contribution in [0.2, 0.25) is 5.02 Å². The molecule has 0 aliphatic rings. The highest BCUT2D eigenvalue weighted by Gasteiger charge is 2.22. The maximum atomic E-state index is 13.0. The second-order valence-corrected chi connectivity index (χ2v) is 10.1. The number of hydrogen-bond donors (Lipinski definition) is 1. The highest BCUT2D eigenvalue weighted by Crippen LogP contribution is 2.32. The molecule has 9 heteroatoms. The molecule has 4 rings (SSSR count). The van der Waals surface area contributed by atoms with Gasteiger partial charge in [-0.2, -0.15) is 0 Å². The minimum absolute atomic E-state index is 0.125. The average Bonchev–Trinajstić information content (AvgIpc) is 2.90. The Morgan fingerprint density at radius 1 is 0.861 bits per heavy atom. The Bertz CT molecular complexity index is 1460. The summed E-state index contributed by atoms with van der Waals surface area (Å²) >= 11 is 6.14. The normalized spacial score (nSPS) is 11.0. The van der Waals surface area contributed by atoms with Crippen LogP contribution in [-0.4, -0.2) is 28.5 Å². The fourth-order valence-corrected chi connectivity index (χ4v) is 4.73. The van der Waals surface area contributed by atoms with Crippen LogP contribution < -0.4 is 19.1 Å². The van der Waals surface area contributed by atoms with Crippen LogP contribution in [-0.2, 0) is 10.0 Å². The number of ether oxygens (including phenoxy) is 2. The Hall–Kier alpha value is -4.01. The molecule has 0 fully saturated rings. The van der Waals surface area contributed by atoms with Crippen molar-refractivity contribution in [3.05, 3.63) is 108 Å². The predicted octanol–water partition coefficient (Wildman–Crippen LogP) is 6.22. The average molecular weight is 523 g/mol. The molecule has 0 heterocycles. The number of nitrogens with one attached hydrogen (secondary N) is 1. The number of halogens is 1. The Labute approximate surface area is 214 Å². The van der Waals surface area contributed by atoms with E-state index in [0.29, 0.717) is 39.2 Å². The van der Waals surface area contributed by atoms with Gasteiger partial charge in [-0.3, -0.25) is 9.10 Å². The molecule has 7 nitrogen and oxygen atoms in total. The molecule has 4 aromatic carbocycles.